The smallest absolute Gasteiger partial charge is 0.193 e. The van der Waals surface area contributed by atoms with Crippen molar-refractivity contribution in [1.29, 1.82) is 0 Å². The van der Waals surface area contributed by atoms with Crippen LogP contribution in [0.1, 0.15) is 53.3 Å². The molecule has 0 atom stereocenters. The van der Waals surface area contributed by atoms with E-state index in [1.54, 1.807) is 78.9 Å². The average Bonchev–Trinajstić information content (AvgIpc) is 2.84. The first-order valence-electron chi connectivity index (χ1n) is 9.99. The van der Waals surface area contributed by atoms with Crippen LogP contribution in [0.2, 0.25) is 0 Å². The highest BCUT2D eigenvalue weighted by atomic mass is 16.1. The molecule has 0 spiro atoms. The van der Waals surface area contributed by atoms with E-state index in [9.17, 15) is 14.4 Å². The van der Waals surface area contributed by atoms with E-state index in [2.05, 4.69) is 0 Å². The molecule has 0 aromatic heterocycles. The maximum absolute atomic E-state index is 13.2. The summed E-state index contributed by atoms with van der Waals surface area (Å²) in [7, 11) is 0. The number of hydrogen-bond acceptors (Lipinski definition) is 3. The minimum absolute atomic E-state index is 0.232. The Bertz CT molecular complexity index is 1190. The van der Waals surface area contributed by atoms with Crippen LogP contribution in [0, 0.1) is 6.92 Å². The maximum atomic E-state index is 13.2. The molecule has 0 unspecified atom stereocenters. The van der Waals surface area contributed by atoms with Crippen molar-refractivity contribution in [3.8, 4) is 0 Å². The van der Waals surface area contributed by atoms with Crippen LogP contribution in [0.4, 0.5) is 0 Å². The fraction of sp³-hybridized carbons (Fsp3) is 0.0357. The van der Waals surface area contributed by atoms with Crippen LogP contribution in [0.3, 0.4) is 0 Å². The van der Waals surface area contributed by atoms with Gasteiger partial charge in [-0.25, -0.2) is 0 Å². The lowest BCUT2D eigenvalue weighted by Crippen LogP contribution is -2.10. The topological polar surface area (TPSA) is 51.2 Å². The lowest BCUT2D eigenvalue weighted by molar-refractivity contribution is 0.103. The maximum Gasteiger partial charge on any atom is 0.193 e. The number of benzene rings is 4. The highest BCUT2D eigenvalue weighted by molar-refractivity contribution is 6.17. The first-order chi connectivity index (χ1) is 15.0. The van der Waals surface area contributed by atoms with Crippen molar-refractivity contribution in [2.24, 2.45) is 0 Å². The summed E-state index contributed by atoms with van der Waals surface area (Å²) in [5.41, 5.74) is 3.48. The molecule has 0 fully saturated rings. The van der Waals surface area contributed by atoms with E-state index in [0.29, 0.717) is 33.4 Å². The molecule has 150 valence electrons. The largest absolute Gasteiger partial charge is 0.289 e. The summed E-state index contributed by atoms with van der Waals surface area (Å²) in [6.07, 6.45) is 0. The highest BCUT2D eigenvalue weighted by Crippen LogP contribution is 2.20. The van der Waals surface area contributed by atoms with E-state index in [4.69, 9.17) is 0 Å². The van der Waals surface area contributed by atoms with Crippen molar-refractivity contribution in [2.75, 3.05) is 0 Å². The van der Waals surface area contributed by atoms with Crippen LogP contribution in [0.25, 0.3) is 0 Å². The Morgan fingerprint density at radius 2 is 0.742 bits per heavy atom. The molecular weight excluding hydrogens is 384 g/mol. The van der Waals surface area contributed by atoms with Gasteiger partial charge in [-0.05, 0) is 25.1 Å². The van der Waals surface area contributed by atoms with Gasteiger partial charge in [0.05, 0.1) is 0 Å². The standard InChI is InChI=1S/C28H20O3/c1-19-12-14-22(15-13-19)28(31)25-17-23(26(29)20-8-4-2-5-9-20)16-24(18-25)27(30)21-10-6-3-7-11-21/h2-18H,1H3. The second-order valence-electron chi connectivity index (χ2n) is 7.38. The van der Waals surface area contributed by atoms with Gasteiger partial charge in [-0.1, -0.05) is 90.5 Å². The van der Waals surface area contributed by atoms with Gasteiger partial charge in [-0.3, -0.25) is 14.4 Å². The zero-order chi connectivity index (χ0) is 21.8. The molecular formula is C28H20O3. The van der Waals surface area contributed by atoms with Gasteiger partial charge in [0.25, 0.3) is 0 Å². The van der Waals surface area contributed by atoms with Crippen molar-refractivity contribution < 1.29 is 14.4 Å². The predicted octanol–water partition coefficient (Wildman–Crippen LogP) is 5.69. The van der Waals surface area contributed by atoms with Crippen molar-refractivity contribution >= 4 is 17.3 Å². The number of rotatable bonds is 6. The number of carbonyl (C=O) groups excluding carboxylic acids is 3. The number of ketones is 3. The van der Waals surface area contributed by atoms with Gasteiger partial charge in [0.15, 0.2) is 17.3 Å². The van der Waals surface area contributed by atoms with Gasteiger partial charge >= 0.3 is 0 Å². The summed E-state index contributed by atoms with van der Waals surface area (Å²) in [5.74, 6) is -0.702. The van der Waals surface area contributed by atoms with Crippen LogP contribution in [-0.4, -0.2) is 17.3 Å². The third-order valence-electron chi connectivity index (χ3n) is 5.11. The third-order valence-corrected chi connectivity index (χ3v) is 5.11. The summed E-state index contributed by atoms with van der Waals surface area (Å²) in [5, 5.41) is 0. The number of aryl methyl sites for hydroxylation is 1. The van der Waals surface area contributed by atoms with Crippen LogP contribution in [0.5, 0.6) is 0 Å². The Morgan fingerprint density at radius 1 is 0.419 bits per heavy atom. The molecule has 4 aromatic rings. The van der Waals surface area contributed by atoms with E-state index in [1.807, 2.05) is 31.2 Å². The van der Waals surface area contributed by atoms with Gasteiger partial charge in [0, 0.05) is 33.4 Å². The van der Waals surface area contributed by atoms with Gasteiger partial charge in [-0.15, -0.1) is 0 Å². The second-order valence-corrected chi connectivity index (χ2v) is 7.38. The van der Waals surface area contributed by atoms with Gasteiger partial charge in [0.1, 0.15) is 0 Å². The van der Waals surface area contributed by atoms with E-state index in [1.165, 1.54) is 0 Å². The van der Waals surface area contributed by atoms with Gasteiger partial charge < -0.3 is 0 Å². The summed E-state index contributed by atoms with van der Waals surface area (Å²) in [6.45, 7) is 1.95. The van der Waals surface area contributed by atoms with E-state index >= 15 is 0 Å². The molecule has 0 saturated carbocycles. The number of hydrogen-bond donors (Lipinski definition) is 0. The Kier molecular flexibility index (Phi) is 5.67. The van der Waals surface area contributed by atoms with Crippen LogP contribution in [-0.2, 0) is 0 Å². The molecule has 0 N–H and O–H groups in total. The van der Waals surface area contributed by atoms with Crippen molar-refractivity contribution in [1.82, 2.24) is 0 Å². The van der Waals surface area contributed by atoms with Crippen molar-refractivity contribution in [2.45, 2.75) is 6.92 Å². The van der Waals surface area contributed by atoms with Crippen LogP contribution >= 0.6 is 0 Å². The molecule has 0 aliphatic rings. The lowest BCUT2D eigenvalue weighted by atomic mass is 9.92. The molecule has 0 saturated heterocycles. The van der Waals surface area contributed by atoms with Crippen LogP contribution < -0.4 is 0 Å². The van der Waals surface area contributed by atoms with Gasteiger partial charge in [-0.2, -0.15) is 0 Å². The average molecular weight is 404 g/mol. The van der Waals surface area contributed by atoms with Crippen LogP contribution in [0.15, 0.2) is 103 Å². The highest BCUT2D eigenvalue weighted by Gasteiger charge is 2.19. The Labute approximate surface area is 181 Å². The third kappa shape index (κ3) is 4.41. The lowest BCUT2D eigenvalue weighted by Gasteiger charge is -2.10. The molecule has 0 aliphatic heterocycles. The molecule has 31 heavy (non-hydrogen) atoms. The first kappa shape index (κ1) is 20.2. The number of carbonyl (C=O) groups is 3. The second kappa shape index (κ2) is 8.72. The predicted molar refractivity (Wildman–Crippen MR) is 121 cm³/mol. The molecule has 3 nitrogen and oxygen atoms in total. The molecule has 0 radical (unpaired) electrons. The molecule has 0 amide bonds. The zero-order valence-corrected chi connectivity index (χ0v) is 17.0. The fourth-order valence-corrected chi connectivity index (χ4v) is 3.40. The van der Waals surface area contributed by atoms with E-state index < -0.39 is 0 Å². The monoisotopic (exact) mass is 404 g/mol. The molecule has 4 rings (SSSR count). The Morgan fingerprint density at radius 3 is 1.10 bits per heavy atom. The SMILES string of the molecule is Cc1ccc(C(=O)c2cc(C(=O)c3ccccc3)cc(C(=O)c3ccccc3)c2)cc1. The van der Waals surface area contributed by atoms with E-state index in [-0.39, 0.29) is 17.3 Å². The first-order valence-corrected chi connectivity index (χ1v) is 9.99. The molecule has 0 aliphatic carbocycles. The Balaban J connectivity index is 1.82. The van der Waals surface area contributed by atoms with Gasteiger partial charge in [0.2, 0.25) is 0 Å². The summed E-state index contributed by atoms with van der Waals surface area (Å²) in [6, 6.07) is 29.6. The Hall–Kier alpha value is -4.11. The minimum atomic E-state index is -0.235. The quantitative estimate of drug-likeness (QED) is 0.388. The summed E-state index contributed by atoms with van der Waals surface area (Å²) >= 11 is 0. The van der Waals surface area contributed by atoms with Crippen molar-refractivity contribution in [3.63, 3.8) is 0 Å². The molecule has 0 heterocycles. The fourth-order valence-electron chi connectivity index (χ4n) is 3.40. The molecule has 3 heteroatoms. The van der Waals surface area contributed by atoms with E-state index in [0.717, 1.165) is 5.56 Å². The zero-order valence-electron chi connectivity index (χ0n) is 17.0. The normalized spacial score (nSPS) is 10.5. The minimum Gasteiger partial charge on any atom is -0.289 e. The summed E-state index contributed by atoms with van der Waals surface area (Å²) < 4.78 is 0. The molecule has 0 bridgehead atoms. The van der Waals surface area contributed by atoms with Crippen molar-refractivity contribution in [3.05, 3.63) is 142 Å². The molecule has 4 aromatic carbocycles. The summed E-state index contributed by atoms with van der Waals surface area (Å²) in [4.78, 5) is 39.3.